The molecule has 1 aromatic carbocycles. The van der Waals surface area contributed by atoms with Crippen LogP contribution in [-0.2, 0) is 0 Å². The van der Waals surface area contributed by atoms with Crippen LogP contribution in [0.3, 0.4) is 0 Å². The lowest BCUT2D eigenvalue weighted by molar-refractivity contribution is 0.0523. The first-order valence-corrected chi connectivity index (χ1v) is 8.74. The summed E-state index contributed by atoms with van der Waals surface area (Å²) in [6.07, 6.45) is 7.90. The quantitative estimate of drug-likeness (QED) is 0.858. The molecule has 25 heavy (non-hydrogen) atoms. The summed E-state index contributed by atoms with van der Waals surface area (Å²) in [7, 11) is 3.20. The number of hydrogen-bond donors (Lipinski definition) is 0. The molecule has 6 heteroatoms. The van der Waals surface area contributed by atoms with Crippen LogP contribution in [0.1, 0.15) is 42.1 Å². The summed E-state index contributed by atoms with van der Waals surface area (Å²) in [6, 6.07) is 8.28. The Labute approximate surface area is 147 Å². The maximum Gasteiger partial charge on any atom is 0.254 e. The van der Waals surface area contributed by atoms with E-state index in [1.807, 2.05) is 23.1 Å². The molecular formula is C19H23N3O3. The van der Waals surface area contributed by atoms with Gasteiger partial charge in [0.25, 0.3) is 5.91 Å². The summed E-state index contributed by atoms with van der Waals surface area (Å²) in [5.74, 6) is 1.35. The van der Waals surface area contributed by atoms with E-state index in [-0.39, 0.29) is 18.0 Å². The largest absolute Gasteiger partial charge is 0.497 e. The van der Waals surface area contributed by atoms with Crippen molar-refractivity contribution in [2.45, 2.75) is 43.8 Å². The standard InChI is InChI=1S/C19H23N3O3/c1-24-17-8-13(9-18(12-17)25-2)19(23)22-14-4-5-15(22)11-16(10-14)21-7-3-6-20-21/h3,6-9,12,14-16H,4-5,10-11H2,1-2H3. The number of benzene rings is 1. The summed E-state index contributed by atoms with van der Waals surface area (Å²) >= 11 is 0. The number of amides is 1. The van der Waals surface area contributed by atoms with Gasteiger partial charge in [-0.15, -0.1) is 0 Å². The third-order valence-corrected chi connectivity index (χ3v) is 5.44. The van der Waals surface area contributed by atoms with Crippen LogP contribution in [0, 0.1) is 0 Å². The lowest BCUT2D eigenvalue weighted by atomic mass is 9.96. The Kier molecular flexibility index (Phi) is 4.11. The molecule has 4 rings (SSSR count). The fourth-order valence-corrected chi connectivity index (χ4v) is 4.27. The van der Waals surface area contributed by atoms with E-state index in [2.05, 4.69) is 10.00 Å². The minimum atomic E-state index is 0.0728. The van der Waals surface area contributed by atoms with Crippen LogP contribution in [0.4, 0.5) is 0 Å². The molecule has 2 aliphatic heterocycles. The van der Waals surface area contributed by atoms with Gasteiger partial charge >= 0.3 is 0 Å². The molecule has 0 radical (unpaired) electrons. The first-order chi connectivity index (χ1) is 12.2. The second-order valence-electron chi connectivity index (χ2n) is 6.81. The molecule has 2 aromatic rings. The van der Waals surface area contributed by atoms with Gasteiger partial charge in [0.1, 0.15) is 11.5 Å². The number of aromatic nitrogens is 2. The van der Waals surface area contributed by atoms with Crippen LogP contribution in [0.25, 0.3) is 0 Å². The fraction of sp³-hybridized carbons (Fsp3) is 0.474. The third kappa shape index (κ3) is 2.86. The molecule has 6 nitrogen and oxygen atoms in total. The molecule has 2 atom stereocenters. The predicted molar refractivity (Wildman–Crippen MR) is 93.0 cm³/mol. The van der Waals surface area contributed by atoms with Gasteiger partial charge in [-0.05, 0) is 43.9 Å². The number of rotatable bonds is 4. The lowest BCUT2D eigenvalue weighted by Crippen LogP contribution is -2.47. The van der Waals surface area contributed by atoms with Crippen molar-refractivity contribution in [3.8, 4) is 11.5 Å². The van der Waals surface area contributed by atoms with Crippen molar-refractivity contribution < 1.29 is 14.3 Å². The smallest absolute Gasteiger partial charge is 0.254 e. The van der Waals surface area contributed by atoms with Gasteiger partial charge in [-0.3, -0.25) is 9.48 Å². The topological polar surface area (TPSA) is 56.6 Å². The number of methoxy groups -OCH3 is 2. The summed E-state index contributed by atoms with van der Waals surface area (Å²) < 4.78 is 12.7. The van der Waals surface area contributed by atoms with Crippen LogP contribution >= 0.6 is 0 Å². The molecule has 0 saturated carbocycles. The zero-order chi connectivity index (χ0) is 17.4. The maximum atomic E-state index is 13.2. The van der Waals surface area contributed by atoms with E-state index in [9.17, 15) is 4.79 Å². The summed E-state index contributed by atoms with van der Waals surface area (Å²) in [5, 5.41) is 4.39. The van der Waals surface area contributed by atoms with E-state index >= 15 is 0 Å². The average molecular weight is 341 g/mol. The predicted octanol–water partition coefficient (Wildman–Crippen LogP) is 2.91. The first kappa shape index (κ1) is 16.0. The highest BCUT2D eigenvalue weighted by atomic mass is 16.5. The Hall–Kier alpha value is -2.50. The van der Waals surface area contributed by atoms with Crippen molar-refractivity contribution in [1.82, 2.24) is 14.7 Å². The Bertz CT molecular complexity index is 723. The number of ether oxygens (including phenoxy) is 2. The Balaban J connectivity index is 1.58. The Morgan fingerprint density at radius 2 is 1.68 bits per heavy atom. The molecule has 2 fully saturated rings. The average Bonchev–Trinajstić information content (AvgIpc) is 3.27. The zero-order valence-corrected chi connectivity index (χ0v) is 14.6. The third-order valence-electron chi connectivity index (χ3n) is 5.44. The van der Waals surface area contributed by atoms with Crippen molar-refractivity contribution in [1.29, 1.82) is 0 Å². The van der Waals surface area contributed by atoms with E-state index in [1.165, 1.54) is 0 Å². The van der Waals surface area contributed by atoms with Crippen molar-refractivity contribution >= 4 is 5.91 Å². The monoisotopic (exact) mass is 341 g/mol. The molecule has 1 amide bonds. The van der Waals surface area contributed by atoms with Crippen LogP contribution in [-0.4, -0.2) is 46.9 Å². The van der Waals surface area contributed by atoms with E-state index in [0.717, 1.165) is 25.7 Å². The van der Waals surface area contributed by atoms with Gasteiger partial charge in [0, 0.05) is 36.1 Å². The second kappa shape index (κ2) is 6.43. The molecular weight excluding hydrogens is 318 g/mol. The van der Waals surface area contributed by atoms with Crippen LogP contribution < -0.4 is 9.47 Å². The van der Waals surface area contributed by atoms with Gasteiger partial charge in [-0.1, -0.05) is 0 Å². The molecule has 2 unspecified atom stereocenters. The van der Waals surface area contributed by atoms with Crippen LogP contribution in [0.15, 0.2) is 36.7 Å². The maximum absolute atomic E-state index is 13.2. The van der Waals surface area contributed by atoms with Crippen molar-refractivity contribution in [2.24, 2.45) is 0 Å². The van der Waals surface area contributed by atoms with E-state index < -0.39 is 0 Å². The Morgan fingerprint density at radius 1 is 1.04 bits per heavy atom. The molecule has 2 saturated heterocycles. The molecule has 2 aliphatic rings. The minimum absolute atomic E-state index is 0.0728. The molecule has 132 valence electrons. The van der Waals surface area contributed by atoms with Gasteiger partial charge in [-0.2, -0.15) is 5.10 Å². The molecule has 1 aromatic heterocycles. The molecule has 0 aliphatic carbocycles. The summed E-state index contributed by atoms with van der Waals surface area (Å²) in [4.78, 5) is 15.3. The van der Waals surface area contributed by atoms with E-state index in [0.29, 0.717) is 23.1 Å². The van der Waals surface area contributed by atoms with Crippen molar-refractivity contribution in [2.75, 3.05) is 14.2 Å². The first-order valence-electron chi connectivity index (χ1n) is 8.74. The van der Waals surface area contributed by atoms with Crippen molar-refractivity contribution in [3.63, 3.8) is 0 Å². The van der Waals surface area contributed by atoms with Gasteiger partial charge in [0.2, 0.25) is 0 Å². The van der Waals surface area contributed by atoms with Gasteiger partial charge in [0.15, 0.2) is 0 Å². The summed E-state index contributed by atoms with van der Waals surface area (Å²) in [6.45, 7) is 0. The number of carbonyl (C=O) groups excluding carboxylic acids is 1. The summed E-state index contributed by atoms with van der Waals surface area (Å²) in [5.41, 5.74) is 0.630. The van der Waals surface area contributed by atoms with Crippen molar-refractivity contribution in [3.05, 3.63) is 42.2 Å². The number of fused-ring (bicyclic) bond motifs is 2. The SMILES string of the molecule is COc1cc(OC)cc(C(=O)N2C3CCC2CC(n2cccn2)C3)c1. The molecule has 0 spiro atoms. The lowest BCUT2D eigenvalue weighted by Gasteiger charge is -2.39. The van der Waals surface area contributed by atoms with E-state index in [1.54, 1.807) is 32.4 Å². The molecule has 2 bridgehead atoms. The highest BCUT2D eigenvalue weighted by Gasteiger charge is 2.44. The zero-order valence-electron chi connectivity index (χ0n) is 14.6. The van der Waals surface area contributed by atoms with E-state index in [4.69, 9.17) is 9.47 Å². The van der Waals surface area contributed by atoms with Gasteiger partial charge in [0.05, 0.1) is 20.3 Å². The minimum Gasteiger partial charge on any atom is -0.497 e. The van der Waals surface area contributed by atoms with Gasteiger partial charge < -0.3 is 14.4 Å². The van der Waals surface area contributed by atoms with Gasteiger partial charge in [-0.25, -0.2) is 0 Å². The Morgan fingerprint density at radius 3 is 2.20 bits per heavy atom. The second-order valence-corrected chi connectivity index (χ2v) is 6.81. The molecule has 0 N–H and O–H groups in total. The number of carbonyl (C=O) groups is 1. The van der Waals surface area contributed by atoms with Crippen LogP contribution in [0.2, 0.25) is 0 Å². The fourth-order valence-electron chi connectivity index (χ4n) is 4.27. The highest BCUT2D eigenvalue weighted by Crippen LogP contribution is 2.41. The number of nitrogens with zero attached hydrogens (tertiary/aromatic N) is 3. The molecule has 3 heterocycles. The van der Waals surface area contributed by atoms with Crippen LogP contribution in [0.5, 0.6) is 11.5 Å². The highest BCUT2D eigenvalue weighted by molar-refractivity contribution is 5.95. The normalized spacial score (nSPS) is 25.0. The number of piperidine rings is 1. The number of hydrogen-bond acceptors (Lipinski definition) is 4.